The van der Waals surface area contributed by atoms with E-state index in [1.807, 2.05) is 5.43 Å². The van der Waals surface area contributed by atoms with Crippen molar-refractivity contribution in [1.29, 1.82) is 0 Å². The van der Waals surface area contributed by atoms with Crippen molar-refractivity contribution in [2.45, 2.75) is 63.3 Å². The van der Waals surface area contributed by atoms with Crippen LogP contribution in [0.1, 0.15) is 34.6 Å². The summed E-state index contributed by atoms with van der Waals surface area (Å²) < 4.78 is 5.18. The SMILES string of the molecule is CC(=O)N(Nc1ccc([N+](=O)[O-])cc1[N+](=O)[O-])[C@@]1(C(C)=O)C(O)(C(C)=O)O[C@H](CO)[C@@](O)(C(C)=O)[C@@]1(O)C(C)=O. The third-order valence-electron chi connectivity index (χ3n) is 6.81. The third kappa shape index (κ3) is 4.04. The van der Waals surface area contributed by atoms with E-state index in [-0.39, 0.29) is 5.01 Å². The molecule has 1 heterocycles. The van der Waals surface area contributed by atoms with Gasteiger partial charge in [0, 0.05) is 19.9 Å². The van der Waals surface area contributed by atoms with Crippen LogP contribution in [0, 0.1) is 20.2 Å². The Labute approximate surface area is 224 Å². The van der Waals surface area contributed by atoms with Gasteiger partial charge in [0.15, 0.2) is 34.3 Å². The molecule has 1 aromatic rings. The van der Waals surface area contributed by atoms with Crippen LogP contribution >= 0.6 is 0 Å². The number of nitrogens with zero attached hydrogens (tertiary/aromatic N) is 3. The molecule has 1 fully saturated rings. The number of Topliss-reactive ketones (excluding diaryl/α,β-unsaturated/α-hetero) is 4. The number of carbonyl (C=O) groups excluding carboxylic acids is 5. The molecule has 0 aliphatic carbocycles. The molecule has 1 unspecified atom stereocenters. The number of carbonyl (C=O) groups is 5. The van der Waals surface area contributed by atoms with Gasteiger partial charge >= 0.3 is 5.69 Å². The summed E-state index contributed by atoms with van der Waals surface area (Å²) in [7, 11) is 0. The summed E-state index contributed by atoms with van der Waals surface area (Å²) >= 11 is 0. The van der Waals surface area contributed by atoms with Crippen LogP contribution in [0.2, 0.25) is 0 Å². The number of benzene rings is 1. The highest BCUT2D eigenvalue weighted by Gasteiger charge is 2.86. The summed E-state index contributed by atoms with van der Waals surface area (Å²) in [6.07, 6.45) is -2.44. The zero-order chi connectivity index (χ0) is 31.2. The summed E-state index contributed by atoms with van der Waals surface area (Å²) in [6.45, 7) is 1.47. The molecule has 2 rings (SSSR count). The number of hydrogen-bond acceptors (Lipinski definition) is 15. The zero-order valence-corrected chi connectivity index (χ0v) is 21.7. The highest BCUT2D eigenvalue weighted by Crippen LogP contribution is 2.54. The number of aliphatic hydroxyl groups is 4. The van der Waals surface area contributed by atoms with E-state index in [0.29, 0.717) is 46.8 Å². The van der Waals surface area contributed by atoms with Crippen LogP contribution in [0.15, 0.2) is 18.2 Å². The number of hydrogen-bond donors (Lipinski definition) is 5. The number of non-ortho nitro benzene ring substituents is 1. The molecule has 0 saturated carbocycles. The predicted molar refractivity (Wildman–Crippen MR) is 128 cm³/mol. The number of nitro benzene ring substituents is 2. The number of nitrogens with one attached hydrogen (secondary N) is 1. The monoisotopic (exact) mass is 570 g/mol. The second kappa shape index (κ2) is 10.4. The largest absolute Gasteiger partial charge is 0.394 e. The quantitative estimate of drug-likeness (QED) is 0.155. The number of anilines is 1. The lowest BCUT2D eigenvalue weighted by atomic mass is 9.55. The molecule has 0 spiro atoms. The van der Waals surface area contributed by atoms with Crippen molar-refractivity contribution in [3.63, 3.8) is 0 Å². The molecule has 5 atom stereocenters. The zero-order valence-electron chi connectivity index (χ0n) is 21.7. The fraction of sp³-hybridized carbons (Fsp3) is 0.500. The van der Waals surface area contributed by atoms with Gasteiger partial charge in [0.2, 0.25) is 11.4 Å². The standard InChI is InChI=1S/C22H26N4O14/c1-10(28)19(33)18(9-27)40-22(35,13(4)31)20(11(2)29,21(19,34)12(3)30)24(14(5)32)23-16-7-6-15(25(36)37)8-17(16)26(38)39/h6-8,18,23,27,33-35H,9H2,1-5H3/t18-,19+,20-,21+,22?/m1/s1. The Kier molecular flexibility index (Phi) is 8.31. The first-order valence-corrected chi connectivity index (χ1v) is 11.2. The van der Waals surface area contributed by atoms with Crippen molar-refractivity contribution in [2.75, 3.05) is 12.0 Å². The van der Waals surface area contributed by atoms with Gasteiger partial charge in [-0.05, 0) is 26.8 Å². The second-order valence-electron chi connectivity index (χ2n) is 9.03. The van der Waals surface area contributed by atoms with Gasteiger partial charge in [-0.2, -0.15) is 0 Å². The molecule has 218 valence electrons. The van der Waals surface area contributed by atoms with Crippen LogP contribution in [-0.2, 0) is 28.7 Å². The fourth-order valence-corrected chi connectivity index (χ4v) is 5.00. The smallest absolute Gasteiger partial charge is 0.300 e. The Morgan fingerprint density at radius 2 is 1.48 bits per heavy atom. The second-order valence-corrected chi connectivity index (χ2v) is 9.03. The molecule has 1 amide bonds. The molecule has 40 heavy (non-hydrogen) atoms. The minimum atomic E-state index is -3.99. The van der Waals surface area contributed by atoms with Crippen molar-refractivity contribution < 1.29 is 59.0 Å². The Balaban J connectivity index is 3.19. The Morgan fingerprint density at radius 1 is 0.925 bits per heavy atom. The van der Waals surface area contributed by atoms with Crippen LogP contribution in [0.25, 0.3) is 0 Å². The van der Waals surface area contributed by atoms with E-state index in [9.17, 15) is 64.6 Å². The summed E-state index contributed by atoms with van der Waals surface area (Å²) in [6, 6.07) is 1.87. The minimum Gasteiger partial charge on any atom is -0.394 e. The van der Waals surface area contributed by atoms with E-state index < -0.39 is 91.2 Å². The summed E-state index contributed by atoms with van der Waals surface area (Å²) in [5, 5.41) is 67.7. The maximum atomic E-state index is 13.5. The molecule has 0 aromatic heterocycles. The molecule has 5 N–H and O–H groups in total. The van der Waals surface area contributed by atoms with Crippen LogP contribution in [0.4, 0.5) is 17.1 Å². The molecule has 1 aliphatic rings. The lowest BCUT2D eigenvalue weighted by Crippen LogP contribution is -2.94. The number of rotatable bonds is 10. The summed E-state index contributed by atoms with van der Waals surface area (Å²) in [5.41, 5.74) is -12.1. The van der Waals surface area contributed by atoms with Crippen LogP contribution < -0.4 is 5.43 Å². The van der Waals surface area contributed by atoms with Crippen molar-refractivity contribution in [1.82, 2.24) is 5.01 Å². The molecular weight excluding hydrogens is 544 g/mol. The summed E-state index contributed by atoms with van der Waals surface area (Å²) in [4.78, 5) is 86.2. The maximum absolute atomic E-state index is 13.5. The summed E-state index contributed by atoms with van der Waals surface area (Å²) in [5.74, 6) is -11.7. The highest BCUT2D eigenvalue weighted by atomic mass is 16.7. The molecule has 0 radical (unpaired) electrons. The number of ketones is 4. The first kappa shape index (κ1) is 32.0. The molecule has 18 heteroatoms. The van der Waals surface area contributed by atoms with E-state index in [4.69, 9.17) is 4.74 Å². The Morgan fingerprint density at radius 3 is 1.82 bits per heavy atom. The van der Waals surface area contributed by atoms with Gasteiger partial charge in [0.05, 0.1) is 22.5 Å². The van der Waals surface area contributed by atoms with E-state index >= 15 is 0 Å². The van der Waals surface area contributed by atoms with Crippen molar-refractivity contribution >= 4 is 46.1 Å². The Hall–Kier alpha value is -4.23. The predicted octanol–water partition coefficient (Wildman–Crippen LogP) is -1.68. The first-order valence-electron chi connectivity index (χ1n) is 11.2. The Bertz CT molecular complexity index is 1330. The number of nitro groups is 2. The maximum Gasteiger partial charge on any atom is 0.300 e. The molecular formula is C22H26N4O14. The average Bonchev–Trinajstić information content (AvgIpc) is 2.84. The van der Waals surface area contributed by atoms with Crippen LogP contribution in [0.5, 0.6) is 0 Å². The van der Waals surface area contributed by atoms with Crippen molar-refractivity contribution in [3.8, 4) is 0 Å². The van der Waals surface area contributed by atoms with E-state index in [1.54, 1.807) is 0 Å². The molecule has 1 saturated heterocycles. The van der Waals surface area contributed by atoms with Crippen LogP contribution in [-0.4, -0.2) is 99.6 Å². The number of amides is 1. The topological polar surface area (TPSA) is 277 Å². The van der Waals surface area contributed by atoms with E-state index in [1.165, 1.54) is 0 Å². The van der Waals surface area contributed by atoms with Gasteiger partial charge in [-0.1, -0.05) is 0 Å². The van der Waals surface area contributed by atoms with E-state index in [2.05, 4.69) is 0 Å². The van der Waals surface area contributed by atoms with Gasteiger partial charge in [0.25, 0.3) is 11.5 Å². The lowest BCUT2D eigenvalue weighted by molar-refractivity contribution is -0.393. The number of ether oxygens (including phenoxy) is 1. The van der Waals surface area contributed by atoms with Gasteiger partial charge in [-0.15, -0.1) is 0 Å². The number of aliphatic hydroxyl groups excluding tert-OH is 1. The molecule has 1 aromatic carbocycles. The van der Waals surface area contributed by atoms with Crippen LogP contribution in [0.3, 0.4) is 0 Å². The van der Waals surface area contributed by atoms with E-state index in [0.717, 1.165) is 6.07 Å². The molecule has 18 nitrogen and oxygen atoms in total. The van der Waals surface area contributed by atoms with Gasteiger partial charge in [-0.25, -0.2) is 5.01 Å². The molecule has 0 bridgehead atoms. The third-order valence-corrected chi connectivity index (χ3v) is 6.81. The van der Waals surface area contributed by atoms with Gasteiger partial charge in [0.1, 0.15) is 11.8 Å². The van der Waals surface area contributed by atoms with Gasteiger partial charge < -0.3 is 25.2 Å². The fourth-order valence-electron chi connectivity index (χ4n) is 5.00. The molecule has 1 aliphatic heterocycles. The van der Waals surface area contributed by atoms with Gasteiger partial charge in [-0.3, -0.25) is 49.6 Å². The normalized spacial score (nSPS) is 29.7. The number of hydrazine groups is 1. The van der Waals surface area contributed by atoms with Crippen molar-refractivity contribution in [3.05, 3.63) is 38.4 Å². The van der Waals surface area contributed by atoms with Crippen molar-refractivity contribution in [2.24, 2.45) is 0 Å². The average molecular weight is 570 g/mol. The lowest BCUT2D eigenvalue weighted by Gasteiger charge is -2.64. The highest BCUT2D eigenvalue weighted by molar-refractivity contribution is 6.11. The first-order chi connectivity index (χ1) is 18.2. The minimum absolute atomic E-state index is 0.117.